The Morgan fingerprint density at radius 1 is 0.923 bits per heavy atom. The van der Waals surface area contributed by atoms with Crippen LogP contribution in [0.15, 0.2) is 60.7 Å². The average molecular weight is 355 g/mol. The first-order valence-corrected chi connectivity index (χ1v) is 8.46. The summed E-state index contributed by atoms with van der Waals surface area (Å²) < 4.78 is 5.38. The van der Waals surface area contributed by atoms with Crippen molar-refractivity contribution in [3.8, 4) is 0 Å². The zero-order valence-corrected chi connectivity index (χ0v) is 15.4. The smallest absolute Gasteiger partial charge is 0.429 e. The molecule has 0 aliphatic carbocycles. The van der Waals surface area contributed by atoms with Crippen LogP contribution in [0.4, 0.5) is 9.59 Å². The van der Waals surface area contributed by atoms with Gasteiger partial charge in [-0.2, -0.15) is 0 Å². The maximum atomic E-state index is 12.4. The Morgan fingerprint density at radius 3 is 2.00 bits per heavy atom. The number of hydrogen-bond donors (Lipinski definition) is 2. The van der Waals surface area contributed by atoms with Crippen LogP contribution in [0.1, 0.15) is 31.9 Å². The maximum absolute atomic E-state index is 12.4. The first-order valence-electron chi connectivity index (χ1n) is 8.46. The van der Waals surface area contributed by atoms with Crippen LogP contribution in [-0.4, -0.2) is 22.7 Å². The molecule has 0 radical (unpaired) electrons. The standard InChI is InChI=1S/C20H25N3O3/c1-20(2,3)26-19(25)23(15-17-12-8-5-9-13-17)22-18(24)21-14-16-10-6-4-7-11-16/h4-13H,14-15H2,1-3H3,(H2,21,22,24). The Morgan fingerprint density at radius 2 is 1.46 bits per heavy atom. The molecule has 0 aromatic heterocycles. The van der Waals surface area contributed by atoms with E-state index in [-0.39, 0.29) is 6.54 Å². The van der Waals surface area contributed by atoms with E-state index in [0.717, 1.165) is 11.1 Å². The number of carbonyl (C=O) groups excluding carboxylic acids is 2. The summed E-state index contributed by atoms with van der Waals surface area (Å²) in [6.07, 6.45) is -0.615. The maximum Gasteiger partial charge on any atom is 0.429 e. The van der Waals surface area contributed by atoms with Crippen molar-refractivity contribution in [3.63, 3.8) is 0 Å². The fourth-order valence-electron chi connectivity index (χ4n) is 2.17. The number of hydrazine groups is 1. The minimum Gasteiger partial charge on any atom is -0.442 e. The van der Waals surface area contributed by atoms with Gasteiger partial charge in [-0.15, -0.1) is 0 Å². The summed E-state index contributed by atoms with van der Waals surface area (Å²) in [5, 5.41) is 3.90. The molecule has 0 spiro atoms. The van der Waals surface area contributed by atoms with Gasteiger partial charge in [-0.1, -0.05) is 60.7 Å². The molecular formula is C20H25N3O3. The van der Waals surface area contributed by atoms with Gasteiger partial charge in [0.15, 0.2) is 0 Å². The van der Waals surface area contributed by atoms with Gasteiger partial charge in [0, 0.05) is 6.54 Å². The van der Waals surface area contributed by atoms with Crippen molar-refractivity contribution in [1.29, 1.82) is 0 Å². The van der Waals surface area contributed by atoms with Crippen molar-refractivity contribution in [2.24, 2.45) is 0 Å². The van der Waals surface area contributed by atoms with Crippen molar-refractivity contribution in [3.05, 3.63) is 71.8 Å². The minimum atomic E-state index is -0.659. The zero-order valence-electron chi connectivity index (χ0n) is 15.4. The summed E-state index contributed by atoms with van der Waals surface area (Å²) >= 11 is 0. The summed E-state index contributed by atoms with van der Waals surface area (Å²) in [5.74, 6) is 0. The number of hydrogen-bond acceptors (Lipinski definition) is 3. The Bertz CT molecular complexity index is 712. The molecule has 0 unspecified atom stereocenters. The Hall–Kier alpha value is -3.02. The molecule has 2 aromatic rings. The number of urea groups is 1. The number of carbonyl (C=O) groups is 2. The minimum absolute atomic E-state index is 0.203. The van der Waals surface area contributed by atoms with Crippen molar-refractivity contribution in [2.45, 2.75) is 39.5 Å². The monoisotopic (exact) mass is 355 g/mol. The first-order chi connectivity index (χ1) is 12.3. The van der Waals surface area contributed by atoms with Crippen LogP contribution < -0.4 is 10.7 Å². The molecule has 0 atom stereocenters. The lowest BCUT2D eigenvalue weighted by Gasteiger charge is -2.27. The number of amides is 3. The first kappa shape index (κ1) is 19.3. The molecule has 6 heteroatoms. The zero-order chi connectivity index (χ0) is 19.0. The lowest BCUT2D eigenvalue weighted by atomic mass is 10.2. The van der Waals surface area contributed by atoms with Gasteiger partial charge in [0.05, 0.1) is 6.54 Å². The summed E-state index contributed by atoms with van der Waals surface area (Å²) in [6, 6.07) is 18.4. The van der Waals surface area contributed by atoms with Crippen molar-refractivity contribution in [1.82, 2.24) is 15.8 Å². The molecule has 0 aliphatic rings. The van der Waals surface area contributed by atoms with E-state index >= 15 is 0 Å². The van der Waals surface area contributed by atoms with Gasteiger partial charge in [0.1, 0.15) is 5.60 Å². The van der Waals surface area contributed by atoms with E-state index in [4.69, 9.17) is 4.74 Å². The molecule has 2 N–H and O–H groups in total. The molecule has 2 rings (SSSR count). The second-order valence-corrected chi connectivity index (χ2v) is 6.83. The molecular weight excluding hydrogens is 330 g/mol. The number of rotatable bonds is 4. The molecule has 0 fully saturated rings. The number of benzene rings is 2. The van der Waals surface area contributed by atoms with Crippen LogP contribution in [0.3, 0.4) is 0 Å². The van der Waals surface area contributed by atoms with E-state index in [9.17, 15) is 9.59 Å². The summed E-state index contributed by atoms with van der Waals surface area (Å²) in [5.41, 5.74) is 3.75. The Kier molecular flexibility index (Phi) is 6.60. The third kappa shape index (κ3) is 6.84. The number of ether oxygens (including phenoxy) is 1. The van der Waals surface area contributed by atoms with Crippen LogP contribution in [0, 0.1) is 0 Å². The van der Waals surface area contributed by atoms with Crippen molar-refractivity contribution < 1.29 is 14.3 Å². The third-order valence-electron chi connectivity index (χ3n) is 3.33. The number of nitrogens with one attached hydrogen (secondary N) is 2. The Balaban J connectivity index is 2.00. The van der Waals surface area contributed by atoms with Gasteiger partial charge in [-0.25, -0.2) is 20.0 Å². The van der Waals surface area contributed by atoms with E-state index < -0.39 is 17.7 Å². The average Bonchev–Trinajstić information content (AvgIpc) is 2.60. The molecule has 0 bridgehead atoms. The highest BCUT2D eigenvalue weighted by molar-refractivity contribution is 5.77. The van der Waals surface area contributed by atoms with E-state index in [0.29, 0.717) is 6.54 Å². The van der Waals surface area contributed by atoms with Crippen LogP contribution in [0.5, 0.6) is 0 Å². The number of nitrogens with zero attached hydrogens (tertiary/aromatic N) is 1. The van der Waals surface area contributed by atoms with Crippen molar-refractivity contribution in [2.75, 3.05) is 0 Å². The van der Waals surface area contributed by atoms with Gasteiger partial charge in [-0.3, -0.25) is 0 Å². The third-order valence-corrected chi connectivity index (χ3v) is 3.33. The summed E-state index contributed by atoms with van der Waals surface area (Å²) in [6.45, 7) is 5.90. The lowest BCUT2D eigenvalue weighted by Crippen LogP contribution is -2.51. The van der Waals surface area contributed by atoms with Crippen LogP contribution in [0.2, 0.25) is 0 Å². The van der Waals surface area contributed by atoms with Gasteiger partial charge >= 0.3 is 12.1 Å². The molecule has 2 aromatic carbocycles. The highest BCUT2D eigenvalue weighted by atomic mass is 16.6. The van der Waals surface area contributed by atoms with Gasteiger partial charge in [-0.05, 0) is 31.9 Å². The fourth-order valence-corrected chi connectivity index (χ4v) is 2.17. The molecule has 0 aliphatic heterocycles. The van der Waals surface area contributed by atoms with E-state index in [1.165, 1.54) is 5.01 Å². The molecule has 26 heavy (non-hydrogen) atoms. The SMILES string of the molecule is CC(C)(C)OC(=O)N(Cc1ccccc1)NC(=O)NCc1ccccc1. The van der Waals surface area contributed by atoms with Crippen LogP contribution in [0.25, 0.3) is 0 Å². The van der Waals surface area contributed by atoms with Gasteiger partial charge in [0.25, 0.3) is 0 Å². The fraction of sp³-hybridized carbons (Fsp3) is 0.300. The second kappa shape index (κ2) is 8.89. The van der Waals surface area contributed by atoms with Crippen LogP contribution >= 0.6 is 0 Å². The van der Waals surface area contributed by atoms with E-state index in [1.807, 2.05) is 60.7 Å². The van der Waals surface area contributed by atoms with Crippen molar-refractivity contribution >= 4 is 12.1 Å². The van der Waals surface area contributed by atoms with E-state index in [1.54, 1.807) is 20.8 Å². The molecule has 0 saturated carbocycles. The van der Waals surface area contributed by atoms with E-state index in [2.05, 4.69) is 10.7 Å². The highest BCUT2D eigenvalue weighted by Crippen LogP contribution is 2.11. The molecule has 0 saturated heterocycles. The van der Waals surface area contributed by atoms with Gasteiger partial charge < -0.3 is 10.1 Å². The Labute approximate surface area is 154 Å². The molecule has 6 nitrogen and oxygen atoms in total. The van der Waals surface area contributed by atoms with Gasteiger partial charge in [0.2, 0.25) is 0 Å². The normalized spacial score (nSPS) is 10.7. The predicted octanol–water partition coefficient (Wildman–Crippen LogP) is 3.84. The van der Waals surface area contributed by atoms with Crippen LogP contribution in [-0.2, 0) is 17.8 Å². The predicted molar refractivity (Wildman–Crippen MR) is 100 cm³/mol. The molecule has 138 valence electrons. The topological polar surface area (TPSA) is 70.7 Å². The lowest BCUT2D eigenvalue weighted by molar-refractivity contribution is 0.0148. The second-order valence-electron chi connectivity index (χ2n) is 6.83. The summed E-state index contributed by atoms with van der Waals surface area (Å²) in [7, 11) is 0. The largest absolute Gasteiger partial charge is 0.442 e. The highest BCUT2D eigenvalue weighted by Gasteiger charge is 2.23. The molecule has 0 heterocycles. The molecule has 3 amide bonds. The summed E-state index contributed by atoms with van der Waals surface area (Å²) in [4.78, 5) is 24.6. The quantitative estimate of drug-likeness (QED) is 0.819.